The Labute approximate surface area is 46.9 Å². The van der Waals surface area contributed by atoms with E-state index in [1.807, 2.05) is 0 Å². The Balaban J connectivity index is 4.15. The van der Waals surface area contributed by atoms with Gasteiger partial charge in [-0.15, -0.1) is 0 Å². The summed E-state index contributed by atoms with van der Waals surface area (Å²) in [6.07, 6.45) is 0. The highest BCUT2D eigenvalue weighted by Gasteiger charge is 2.01. The van der Waals surface area contributed by atoms with Crippen molar-refractivity contribution in [2.45, 2.75) is 0 Å². The number of hydrogen-bond acceptors (Lipinski definition) is 4. The normalized spacial score (nSPS) is 10.0. The molecule has 0 aromatic carbocycles. The Kier molecular flexibility index (Phi) is 2.20. The van der Waals surface area contributed by atoms with E-state index in [0.29, 0.717) is 5.41 Å². The van der Waals surface area contributed by atoms with Gasteiger partial charge in [0.25, 0.3) is 0 Å². The second-order valence-corrected chi connectivity index (χ2v) is 2.31. The maximum atomic E-state index is 10.00. The maximum absolute atomic E-state index is 10.00. The first-order valence-electron chi connectivity index (χ1n) is 1.55. The lowest BCUT2D eigenvalue weighted by molar-refractivity contribution is 0.434. The first-order valence-corrected chi connectivity index (χ1v) is 3.02. The fourth-order valence-corrected chi connectivity index (χ4v) is 0.244. The van der Waals surface area contributed by atoms with Gasteiger partial charge < -0.3 is 4.18 Å². The van der Waals surface area contributed by atoms with Crippen molar-refractivity contribution in [3.05, 3.63) is 12.0 Å². The predicted molar refractivity (Wildman–Crippen MR) is 25.9 cm³/mol. The summed E-state index contributed by atoms with van der Waals surface area (Å²) in [7, 11) is -3.83. The molecule has 0 aliphatic carbocycles. The second kappa shape index (κ2) is 2.46. The van der Waals surface area contributed by atoms with Crippen LogP contribution in [0.25, 0.3) is 0 Å². The van der Waals surface area contributed by atoms with Gasteiger partial charge in [0, 0.05) is 0 Å². The van der Waals surface area contributed by atoms with Crippen molar-refractivity contribution in [2.24, 2.45) is 0 Å². The van der Waals surface area contributed by atoms with Crippen LogP contribution in [0.5, 0.6) is 0 Å². The molecule has 0 spiro atoms. The molecule has 0 N–H and O–H groups in total. The van der Waals surface area contributed by atoms with Crippen LogP contribution in [0.1, 0.15) is 0 Å². The molecular weight excluding hydrogens is 132 g/mol. The summed E-state index contributed by atoms with van der Waals surface area (Å²) >= 11 is 0. The number of rotatable bonds is 3. The predicted octanol–water partition coefficient (Wildman–Crippen LogP) is -0.457. The number of hydrogen-bond donors (Lipinski definition) is 0. The summed E-state index contributed by atoms with van der Waals surface area (Å²) in [6.45, 7) is 3.61. The molecule has 0 heterocycles. The average Bonchev–Trinajstić information content (AvgIpc) is 1.67. The van der Waals surface area contributed by atoms with E-state index in [0.717, 1.165) is 6.47 Å². The largest absolute Gasteiger partial charge is 0.434 e. The first kappa shape index (κ1) is 7.16. The minimum absolute atomic E-state index is 0.512. The zero-order valence-corrected chi connectivity index (χ0v) is 4.64. The van der Waals surface area contributed by atoms with E-state index in [-0.39, 0.29) is 0 Å². The summed E-state index contributed by atoms with van der Waals surface area (Å²) in [4.78, 5) is 9.21. The molecule has 4 nitrogen and oxygen atoms in total. The number of carbonyl (C=O) groups excluding carboxylic acids is 1. The van der Waals surface area contributed by atoms with E-state index in [4.69, 9.17) is 0 Å². The molecule has 0 amide bonds. The van der Waals surface area contributed by atoms with Crippen molar-refractivity contribution in [3.8, 4) is 0 Å². The Morgan fingerprint density at radius 1 is 1.62 bits per heavy atom. The Bertz CT molecular complexity index is 177. The zero-order chi connectivity index (χ0) is 6.62. The highest BCUT2D eigenvalue weighted by atomic mass is 32.2. The smallest absolute Gasteiger partial charge is 0.333 e. The fraction of sp³-hybridized carbons (Fsp3) is 0. The molecule has 0 aromatic rings. The lowest BCUT2D eigenvalue weighted by atomic mass is 11.3. The van der Waals surface area contributed by atoms with Crippen LogP contribution in [-0.4, -0.2) is 14.9 Å². The Morgan fingerprint density at radius 3 is 2.25 bits per heavy atom. The van der Waals surface area contributed by atoms with Gasteiger partial charge in [-0.05, 0) is 0 Å². The summed E-state index contributed by atoms with van der Waals surface area (Å²) < 4.78 is 23.4. The van der Waals surface area contributed by atoms with E-state index in [1.54, 1.807) is 0 Å². The van der Waals surface area contributed by atoms with Gasteiger partial charge in [0.05, 0.1) is 5.41 Å². The van der Waals surface area contributed by atoms with E-state index in [1.165, 1.54) is 0 Å². The molecule has 0 fully saturated rings. The van der Waals surface area contributed by atoms with Gasteiger partial charge in [0.1, 0.15) is 0 Å². The monoisotopic (exact) mass is 135 g/mol. The molecule has 0 atom stereocenters. The molecule has 0 aromatic heterocycles. The third-order valence-corrected chi connectivity index (χ3v) is 1.06. The van der Waals surface area contributed by atoms with E-state index < -0.39 is 10.1 Å². The molecule has 0 saturated heterocycles. The van der Waals surface area contributed by atoms with Crippen LogP contribution in [0.3, 0.4) is 0 Å². The van der Waals surface area contributed by atoms with Crippen LogP contribution in [-0.2, 0) is 19.1 Å². The van der Waals surface area contributed by atoms with Crippen molar-refractivity contribution in [2.75, 3.05) is 0 Å². The standard InChI is InChI=1S/C3H3O4S/c1-2-8(5,6)7-3-4/h2H,1H2. The van der Waals surface area contributed by atoms with Crippen molar-refractivity contribution in [3.63, 3.8) is 0 Å². The van der Waals surface area contributed by atoms with Gasteiger partial charge in [-0.25, -0.2) is 4.79 Å². The molecule has 0 bridgehead atoms. The molecule has 1 radical (unpaired) electrons. The molecule has 0 aliphatic rings. The average molecular weight is 135 g/mol. The maximum Gasteiger partial charge on any atom is 0.434 e. The third-order valence-electron chi connectivity index (χ3n) is 0.354. The van der Waals surface area contributed by atoms with Crippen LogP contribution >= 0.6 is 0 Å². The lowest BCUT2D eigenvalue weighted by Crippen LogP contribution is -1.97. The van der Waals surface area contributed by atoms with Crippen LogP contribution in [0.2, 0.25) is 0 Å². The van der Waals surface area contributed by atoms with Crippen molar-refractivity contribution >= 4 is 16.6 Å². The summed E-state index contributed by atoms with van der Waals surface area (Å²) in [5.74, 6) is 0. The van der Waals surface area contributed by atoms with Crippen LogP contribution in [0.15, 0.2) is 12.0 Å². The first-order chi connectivity index (χ1) is 3.62. The second-order valence-electron chi connectivity index (χ2n) is 0.826. The van der Waals surface area contributed by atoms with Crippen LogP contribution in [0.4, 0.5) is 0 Å². The van der Waals surface area contributed by atoms with Crippen molar-refractivity contribution < 1.29 is 17.4 Å². The zero-order valence-electron chi connectivity index (χ0n) is 3.83. The van der Waals surface area contributed by atoms with Crippen LogP contribution < -0.4 is 0 Å². The highest BCUT2D eigenvalue weighted by Crippen LogP contribution is 1.87. The fourth-order valence-electron chi connectivity index (χ4n) is 0.0814. The molecule has 5 heteroatoms. The van der Waals surface area contributed by atoms with Gasteiger partial charge in [-0.2, -0.15) is 8.42 Å². The summed E-state index contributed by atoms with van der Waals surface area (Å²) in [5.41, 5.74) is 0. The Hall–Kier alpha value is -0.840. The molecule has 0 saturated carbocycles. The van der Waals surface area contributed by atoms with Gasteiger partial charge in [0.15, 0.2) is 0 Å². The SMILES string of the molecule is C=CS(=O)(=O)O[C]=O. The highest BCUT2D eigenvalue weighted by molar-refractivity contribution is 7.90. The molecule has 0 unspecified atom stereocenters. The van der Waals surface area contributed by atoms with Crippen molar-refractivity contribution in [1.82, 2.24) is 0 Å². The van der Waals surface area contributed by atoms with Crippen LogP contribution in [0, 0.1) is 0 Å². The van der Waals surface area contributed by atoms with Gasteiger partial charge in [-0.1, -0.05) is 6.58 Å². The molecule has 0 aliphatic heterocycles. The lowest BCUT2D eigenvalue weighted by Gasteiger charge is -1.85. The van der Waals surface area contributed by atoms with E-state index >= 15 is 0 Å². The van der Waals surface area contributed by atoms with Gasteiger partial charge in [-0.3, -0.25) is 0 Å². The summed E-state index contributed by atoms with van der Waals surface area (Å²) in [5, 5.41) is 0.512. The quantitative estimate of drug-likeness (QED) is 0.491. The molecule has 8 heavy (non-hydrogen) atoms. The summed E-state index contributed by atoms with van der Waals surface area (Å²) in [6, 6.07) is 0. The Morgan fingerprint density at radius 2 is 2.12 bits per heavy atom. The topological polar surface area (TPSA) is 60.4 Å². The minimum Gasteiger partial charge on any atom is -0.333 e. The van der Waals surface area contributed by atoms with E-state index in [2.05, 4.69) is 10.8 Å². The third kappa shape index (κ3) is 2.35. The van der Waals surface area contributed by atoms with Crippen molar-refractivity contribution in [1.29, 1.82) is 0 Å². The molecular formula is C3H3O4S. The molecule has 0 rings (SSSR count). The van der Waals surface area contributed by atoms with E-state index in [9.17, 15) is 13.2 Å². The minimum atomic E-state index is -3.83. The molecule has 45 valence electrons. The van der Waals surface area contributed by atoms with Gasteiger partial charge in [0.2, 0.25) is 0 Å². The van der Waals surface area contributed by atoms with Gasteiger partial charge >= 0.3 is 16.6 Å².